The molecule has 0 spiro atoms. The van der Waals surface area contributed by atoms with Crippen LogP contribution in [-0.2, 0) is 11.4 Å². The second kappa shape index (κ2) is 9.41. The van der Waals surface area contributed by atoms with Gasteiger partial charge >= 0.3 is 0 Å². The van der Waals surface area contributed by atoms with Crippen molar-refractivity contribution in [3.63, 3.8) is 0 Å². The molecule has 1 saturated heterocycles. The third kappa shape index (κ3) is 4.79. The minimum Gasteiger partial charge on any atom is -0.487 e. The zero-order valence-corrected chi connectivity index (χ0v) is 19.1. The van der Waals surface area contributed by atoms with Crippen LogP contribution in [0.25, 0.3) is 28.3 Å². The number of nitrogens with one attached hydrogen (secondary N) is 1. The molecule has 1 N–H and O–H groups in total. The second-order valence-electron chi connectivity index (χ2n) is 7.68. The van der Waals surface area contributed by atoms with Crippen LogP contribution in [0.4, 0.5) is 4.79 Å². The van der Waals surface area contributed by atoms with Crippen molar-refractivity contribution in [1.29, 1.82) is 0 Å². The van der Waals surface area contributed by atoms with Crippen LogP contribution in [0.3, 0.4) is 0 Å². The van der Waals surface area contributed by atoms with E-state index in [1.165, 1.54) is 0 Å². The van der Waals surface area contributed by atoms with Crippen LogP contribution in [0.2, 0.25) is 0 Å². The Morgan fingerprint density at radius 3 is 2.62 bits per heavy atom. The smallest absolute Gasteiger partial charge is 0.290 e. The molecule has 3 aromatic carbocycles. The van der Waals surface area contributed by atoms with E-state index in [2.05, 4.69) is 16.4 Å². The number of thioether (sulfide) groups is 1. The summed E-state index contributed by atoms with van der Waals surface area (Å²) in [7, 11) is 0. The molecular weight excluding hydrogens is 448 g/mol. The summed E-state index contributed by atoms with van der Waals surface area (Å²) < 4.78 is 11.8. The molecule has 1 aliphatic rings. The van der Waals surface area contributed by atoms with Gasteiger partial charge in [-0.15, -0.1) is 0 Å². The van der Waals surface area contributed by atoms with Crippen molar-refractivity contribution < 1.29 is 18.7 Å². The van der Waals surface area contributed by atoms with Gasteiger partial charge in [0, 0.05) is 5.56 Å². The predicted molar refractivity (Wildman–Crippen MR) is 133 cm³/mol. The molecule has 5 rings (SSSR count). The topological polar surface area (TPSA) is 81.4 Å². The number of nitrogens with zero attached hydrogens (tertiary/aromatic N) is 1. The van der Waals surface area contributed by atoms with E-state index in [1.807, 2.05) is 73.7 Å². The van der Waals surface area contributed by atoms with E-state index in [1.54, 1.807) is 12.2 Å². The summed E-state index contributed by atoms with van der Waals surface area (Å²) >= 11 is 0.903. The summed E-state index contributed by atoms with van der Waals surface area (Å²) in [6.45, 7) is 2.20. The molecule has 2 amide bonds. The molecule has 168 valence electrons. The third-order valence-electron chi connectivity index (χ3n) is 5.30. The summed E-state index contributed by atoms with van der Waals surface area (Å²) in [6, 6.07) is 21.8. The molecule has 34 heavy (non-hydrogen) atoms. The zero-order valence-electron chi connectivity index (χ0n) is 18.3. The van der Waals surface area contributed by atoms with Gasteiger partial charge in [0.1, 0.15) is 23.8 Å². The average Bonchev–Trinajstić information content (AvgIpc) is 3.38. The van der Waals surface area contributed by atoms with Gasteiger partial charge in [-0.2, -0.15) is 0 Å². The first-order chi connectivity index (χ1) is 16.5. The number of hydrogen-bond donors (Lipinski definition) is 1. The van der Waals surface area contributed by atoms with Crippen LogP contribution in [0.15, 0.2) is 88.2 Å². The van der Waals surface area contributed by atoms with E-state index in [-0.39, 0.29) is 11.1 Å². The minimum atomic E-state index is -0.359. The van der Waals surface area contributed by atoms with Crippen molar-refractivity contribution in [2.24, 2.45) is 0 Å². The lowest BCUT2D eigenvalue weighted by molar-refractivity contribution is -0.115. The fourth-order valence-electron chi connectivity index (χ4n) is 3.54. The fourth-order valence-corrected chi connectivity index (χ4v) is 4.17. The molecule has 1 fully saturated rings. The Bertz CT molecular complexity index is 1450. The molecule has 0 atom stereocenters. The van der Waals surface area contributed by atoms with Crippen molar-refractivity contribution in [2.45, 2.75) is 13.5 Å². The van der Waals surface area contributed by atoms with Gasteiger partial charge in [-0.1, -0.05) is 48.6 Å². The van der Waals surface area contributed by atoms with Crippen molar-refractivity contribution in [1.82, 2.24) is 10.3 Å². The van der Waals surface area contributed by atoms with Gasteiger partial charge < -0.3 is 9.15 Å². The van der Waals surface area contributed by atoms with Gasteiger partial charge in [0.25, 0.3) is 11.1 Å². The lowest BCUT2D eigenvalue weighted by atomic mass is 10.1. The number of oxazole rings is 1. The van der Waals surface area contributed by atoms with Gasteiger partial charge in [0.05, 0.1) is 4.91 Å². The Labute approximate surface area is 200 Å². The molecule has 0 aliphatic carbocycles. The molecule has 1 aromatic heterocycles. The minimum absolute atomic E-state index is 0.317. The number of aryl methyl sites for hydroxylation is 1. The summed E-state index contributed by atoms with van der Waals surface area (Å²) in [6.07, 6.45) is 5.30. The third-order valence-corrected chi connectivity index (χ3v) is 6.13. The molecule has 0 saturated carbocycles. The van der Waals surface area contributed by atoms with Crippen LogP contribution in [0, 0.1) is 6.92 Å². The second-order valence-corrected chi connectivity index (χ2v) is 8.69. The lowest BCUT2D eigenvalue weighted by Gasteiger charge is -2.07. The first kappa shape index (κ1) is 21.7. The number of ether oxygens (including phenoxy) is 1. The Hall–Kier alpha value is -4.10. The Balaban J connectivity index is 1.26. The van der Waals surface area contributed by atoms with Gasteiger partial charge in [-0.3, -0.25) is 14.9 Å². The number of amides is 2. The summed E-state index contributed by atoms with van der Waals surface area (Å²) in [5.41, 5.74) is 2.69. The highest BCUT2D eigenvalue weighted by molar-refractivity contribution is 8.18. The number of aromatic nitrogens is 1. The predicted octanol–water partition coefficient (Wildman–Crippen LogP) is 6.26. The normalized spacial score (nSPS) is 14.9. The average molecular weight is 469 g/mol. The van der Waals surface area contributed by atoms with E-state index in [9.17, 15) is 9.59 Å². The number of carbonyl (C=O) groups excluding carboxylic acids is 2. The summed E-state index contributed by atoms with van der Waals surface area (Å²) in [4.78, 5) is 27.8. The van der Waals surface area contributed by atoms with E-state index < -0.39 is 0 Å². The SMILES string of the molecule is Cc1oc(-c2ccccc2)nc1COc1ccc2cc(C=CC=C3SC(=O)NC3=O)ccc2c1. The molecule has 0 bridgehead atoms. The zero-order chi connectivity index (χ0) is 23.5. The highest BCUT2D eigenvalue weighted by Gasteiger charge is 2.24. The van der Waals surface area contributed by atoms with Crippen molar-refractivity contribution in [2.75, 3.05) is 0 Å². The standard InChI is InChI=1S/C27H20N2O4S/c1-17-23(28-26(33-17)19-7-3-2-4-8-19)16-32-22-13-12-20-14-18(10-11-21(20)15-22)6-5-9-24-25(30)29-27(31)34-24/h2-15H,16H2,1H3,(H,29,30,31). The highest BCUT2D eigenvalue weighted by atomic mass is 32.2. The van der Waals surface area contributed by atoms with Crippen LogP contribution in [0.1, 0.15) is 17.0 Å². The number of carbonyl (C=O) groups is 2. The molecular formula is C27H20N2O4S. The van der Waals surface area contributed by atoms with Gasteiger partial charge in [-0.25, -0.2) is 4.98 Å². The van der Waals surface area contributed by atoms with Gasteiger partial charge in [0.15, 0.2) is 0 Å². The fraction of sp³-hybridized carbons (Fsp3) is 0.0741. The quantitative estimate of drug-likeness (QED) is 0.336. The van der Waals surface area contributed by atoms with Gasteiger partial charge in [0.2, 0.25) is 5.89 Å². The van der Waals surface area contributed by atoms with Crippen molar-refractivity contribution in [3.8, 4) is 17.2 Å². The largest absolute Gasteiger partial charge is 0.487 e. The molecule has 0 unspecified atom stereocenters. The molecule has 1 aliphatic heterocycles. The summed E-state index contributed by atoms with van der Waals surface area (Å²) in [5, 5.41) is 4.01. The number of rotatable bonds is 6. The maximum absolute atomic E-state index is 11.6. The van der Waals surface area contributed by atoms with Crippen LogP contribution in [-0.4, -0.2) is 16.1 Å². The lowest BCUT2D eigenvalue weighted by Crippen LogP contribution is -2.17. The van der Waals surface area contributed by atoms with Crippen molar-refractivity contribution in [3.05, 3.63) is 101 Å². The highest BCUT2D eigenvalue weighted by Crippen LogP contribution is 2.26. The summed E-state index contributed by atoms with van der Waals surface area (Å²) in [5.74, 6) is 1.72. The maximum atomic E-state index is 11.6. The maximum Gasteiger partial charge on any atom is 0.290 e. The number of fused-ring (bicyclic) bond motifs is 1. The molecule has 0 radical (unpaired) electrons. The van der Waals surface area contributed by atoms with Gasteiger partial charge in [-0.05, 0) is 71.4 Å². The van der Waals surface area contributed by atoms with E-state index >= 15 is 0 Å². The van der Waals surface area contributed by atoms with E-state index in [0.717, 1.165) is 50.9 Å². The number of hydrogen-bond acceptors (Lipinski definition) is 6. The number of allylic oxidation sites excluding steroid dienone is 2. The number of imide groups is 1. The Morgan fingerprint density at radius 2 is 1.82 bits per heavy atom. The molecule has 2 heterocycles. The molecule has 6 nitrogen and oxygen atoms in total. The molecule has 4 aromatic rings. The van der Waals surface area contributed by atoms with E-state index in [4.69, 9.17) is 9.15 Å². The Kier molecular flexibility index (Phi) is 6.01. The van der Waals surface area contributed by atoms with E-state index in [0.29, 0.717) is 17.4 Å². The molecule has 7 heteroatoms. The van der Waals surface area contributed by atoms with Crippen LogP contribution >= 0.6 is 11.8 Å². The number of benzene rings is 3. The van der Waals surface area contributed by atoms with Crippen LogP contribution in [0.5, 0.6) is 5.75 Å². The first-order valence-electron chi connectivity index (χ1n) is 10.6. The van der Waals surface area contributed by atoms with Crippen molar-refractivity contribution >= 4 is 39.8 Å². The Morgan fingerprint density at radius 1 is 1.03 bits per heavy atom. The van der Waals surface area contributed by atoms with Crippen LogP contribution < -0.4 is 10.1 Å². The first-order valence-corrected chi connectivity index (χ1v) is 11.5. The monoisotopic (exact) mass is 468 g/mol.